The zero-order valence-electron chi connectivity index (χ0n) is 81.3. The predicted molar refractivity (Wildman–Crippen MR) is 636 cm³/mol. The van der Waals surface area contributed by atoms with E-state index in [4.69, 9.17) is 70.6 Å². The number of aromatic nitrogens is 5. The molecule has 0 radical (unpaired) electrons. The van der Waals surface area contributed by atoms with E-state index < -0.39 is 0 Å². The van der Waals surface area contributed by atoms with Crippen molar-refractivity contribution in [2.75, 3.05) is 57.3 Å². The lowest BCUT2D eigenvalue weighted by atomic mass is 10.1. The molecule has 10 heterocycles. The summed E-state index contributed by atoms with van der Waals surface area (Å²) in [7, 11) is 0. The molecule has 0 spiro atoms. The summed E-state index contributed by atoms with van der Waals surface area (Å²) in [4.78, 5) is 22.0. The highest BCUT2D eigenvalue weighted by molar-refractivity contribution is 7.27. The third kappa shape index (κ3) is 21.4. The molecule has 21 heteroatoms. The van der Waals surface area contributed by atoms with E-state index in [2.05, 4.69) is 189 Å². The number of fused-ring (bicyclic) bond motifs is 24. The highest BCUT2D eigenvalue weighted by atomic mass is 32.1. The van der Waals surface area contributed by atoms with E-state index in [1.807, 2.05) is 296 Å². The summed E-state index contributed by atoms with van der Waals surface area (Å²) < 4.78 is 24.7. The van der Waals surface area contributed by atoms with Crippen molar-refractivity contribution in [2.45, 2.75) is 12.8 Å². The average molecular weight is 2010 g/mol. The third-order valence-corrected chi connectivity index (χ3v) is 29.2. The van der Waals surface area contributed by atoms with E-state index in [1.165, 1.54) is 105 Å². The van der Waals surface area contributed by atoms with Crippen LogP contribution in [0, 0.1) is 0 Å². The van der Waals surface area contributed by atoms with Gasteiger partial charge in [0.05, 0.1) is 44.2 Å². The number of rotatable bonds is 4. The minimum atomic E-state index is 0.479. The zero-order valence-corrected chi connectivity index (χ0v) is 83.8. The molecule has 150 heavy (non-hydrogen) atoms. The van der Waals surface area contributed by atoms with Crippen LogP contribution in [0.5, 0.6) is 0 Å². The molecule has 2 aliphatic rings. The fourth-order valence-corrected chi connectivity index (χ4v) is 22.1. The number of nitrogens with zero attached hydrogens (tertiary/aromatic N) is 5. The number of para-hydroxylation sites is 4. The Hall–Kier alpha value is -19.5. The minimum Gasteiger partial charge on any atom is -0.456 e. The van der Waals surface area contributed by atoms with Crippen LogP contribution in [-0.2, 0) is 12.8 Å². The molecule has 0 atom stereocenters. The van der Waals surface area contributed by atoms with Gasteiger partial charge in [-0.1, -0.05) is 279 Å². The number of anilines is 10. The summed E-state index contributed by atoms with van der Waals surface area (Å²) in [6.45, 7) is 0. The molecule has 18 nitrogen and oxygen atoms in total. The molecule has 728 valence electrons. The molecule has 0 saturated heterocycles. The summed E-state index contributed by atoms with van der Waals surface area (Å²) in [6, 6.07) is 151. The van der Waals surface area contributed by atoms with Crippen LogP contribution >= 0.6 is 34.0 Å². The van der Waals surface area contributed by atoms with Gasteiger partial charge in [-0.3, -0.25) is 9.97 Å². The molecule has 10 aromatic heterocycles. The van der Waals surface area contributed by atoms with Crippen molar-refractivity contribution in [3.8, 4) is 67.7 Å². The molecular weight excluding hydrogens is 1900 g/mol. The van der Waals surface area contributed by atoms with E-state index >= 15 is 0 Å². The molecule has 18 aromatic carbocycles. The monoisotopic (exact) mass is 2000 g/mol. The largest absolute Gasteiger partial charge is 0.456 e. The molecule has 2 aliphatic carbocycles. The van der Waals surface area contributed by atoms with Crippen molar-refractivity contribution in [1.29, 1.82) is 0 Å². The number of pyridine rings is 3. The van der Waals surface area contributed by atoms with Gasteiger partial charge in [-0.15, -0.1) is 34.0 Å². The Balaban J connectivity index is 0.0000000975. The molecule has 0 aliphatic heterocycles. The number of thiophene rings is 3. The molecule has 0 amide bonds. The predicted octanol–water partition coefficient (Wildman–Crippen LogP) is 32.3. The van der Waals surface area contributed by atoms with Gasteiger partial charge in [0, 0.05) is 158 Å². The van der Waals surface area contributed by atoms with Crippen LogP contribution in [0.3, 0.4) is 0 Å². The summed E-state index contributed by atoms with van der Waals surface area (Å²) in [5.74, 6) is 1.13. The lowest BCUT2D eigenvalue weighted by Crippen LogP contribution is -1.97. The average Bonchev–Trinajstić information content (AvgIpc) is 1.65. The Bertz CT molecular complexity index is 9010. The van der Waals surface area contributed by atoms with E-state index in [1.54, 1.807) is 41.1 Å². The summed E-state index contributed by atoms with van der Waals surface area (Å²) in [6.07, 6.45) is 5.52. The summed E-state index contributed by atoms with van der Waals surface area (Å²) >= 11 is 5.37. The van der Waals surface area contributed by atoms with Gasteiger partial charge in [0.2, 0.25) is 0 Å². The minimum absolute atomic E-state index is 0.479. The van der Waals surface area contributed by atoms with Crippen LogP contribution in [-0.4, -0.2) is 24.9 Å². The molecular formula is C129H101N15O3S3. The van der Waals surface area contributed by atoms with Crippen molar-refractivity contribution in [2.24, 2.45) is 0 Å². The van der Waals surface area contributed by atoms with Gasteiger partial charge in [0.1, 0.15) is 33.7 Å². The molecule has 0 unspecified atom stereocenters. The summed E-state index contributed by atoms with van der Waals surface area (Å²) in [5, 5.41) is 14.1. The quantitative estimate of drug-likeness (QED) is 0.0732. The van der Waals surface area contributed by atoms with E-state index in [-0.39, 0.29) is 0 Å². The first-order chi connectivity index (χ1) is 73.5. The van der Waals surface area contributed by atoms with Crippen molar-refractivity contribution < 1.29 is 13.3 Å². The number of nitrogen functional groups attached to an aromatic ring is 10. The van der Waals surface area contributed by atoms with Crippen LogP contribution in [0.2, 0.25) is 0 Å². The van der Waals surface area contributed by atoms with Crippen molar-refractivity contribution >= 4 is 217 Å². The Morgan fingerprint density at radius 1 is 0.207 bits per heavy atom. The van der Waals surface area contributed by atoms with Crippen molar-refractivity contribution in [1.82, 2.24) is 24.9 Å². The number of furan rings is 3. The van der Waals surface area contributed by atoms with Crippen LogP contribution in [0.15, 0.2) is 481 Å². The van der Waals surface area contributed by atoms with Gasteiger partial charge < -0.3 is 70.6 Å². The van der Waals surface area contributed by atoms with Gasteiger partial charge in [-0.2, -0.15) is 0 Å². The highest BCUT2D eigenvalue weighted by Gasteiger charge is 2.21. The number of nitrogens with two attached hydrogens (primary N) is 10. The van der Waals surface area contributed by atoms with Crippen LogP contribution in [0.25, 0.3) is 194 Å². The smallest absolute Gasteiger partial charge is 0.162 e. The van der Waals surface area contributed by atoms with Crippen molar-refractivity contribution in [3.05, 3.63) is 490 Å². The Morgan fingerprint density at radius 2 is 0.613 bits per heavy atom. The van der Waals surface area contributed by atoms with Crippen molar-refractivity contribution in [3.63, 3.8) is 0 Å². The van der Waals surface area contributed by atoms with E-state index in [9.17, 15) is 0 Å². The zero-order chi connectivity index (χ0) is 103. The first-order valence-electron chi connectivity index (χ1n) is 48.7. The standard InChI is InChI=1S/C16H13N3.C15H12N4.2C13H11N.3C12H9NO.3C12H9NS/c17-15-11-14(12-7-3-1-4-8-12)18-16(19-15)13-9-5-2-6-10-13;16-11-9-14(12-5-1-3-7-17-12)19-15(10-11)13-6-2-4-8-18-13;2*14-11-5-6-13-10(8-11)7-9-3-1-2-4-12(9)13;13-10-6-3-5-9-8-4-1-2-7-11(8)14-12(9)10;13-9-5-3-7-11-12(9)8-4-1-2-6-10(8)14-11;13-8-5-6-12-10(7-8)9-3-1-2-4-11(9)14-12;13-10-6-3-5-9-8-4-1-2-7-11(8)14-12(9)10;13-9-5-3-7-11-12(9)8-4-1-2-6-10(8)14-11;13-8-5-6-12-10(7-8)9-3-1-2-4-11(9)14-12/h1-11H,(H2,17,18,19);1-10H,(H2,16,19);2*1-6,8H,7,14H2;6*1-7H,13H2. The van der Waals surface area contributed by atoms with E-state index in [0.29, 0.717) is 23.0 Å². The van der Waals surface area contributed by atoms with Gasteiger partial charge in [-0.25, -0.2) is 15.0 Å². The molecule has 28 aromatic rings. The second-order valence-corrected chi connectivity index (χ2v) is 39.0. The van der Waals surface area contributed by atoms with Crippen LogP contribution in [0.4, 0.5) is 57.0 Å². The maximum absolute atomic E-state index is 5.97. The topological polar surface area (TPSA) is 364 Å². The number of benzene rings is 18. The lowest BCUT2D eigenvalue weighted by molar-refractivity contribution is 0.668. The normalized spacial score (nSPS) is 11.1. The fraction of sp³-hybridized carbons (Fsp3) is 0.0155. The second-order valence-electron chi connectivity index (χ2n) is 35.8. The van der Waals surface area contributed by atoms with Gasteiger partial charge in [-0.05, 0) is 227 Å². The van der Waals surface area contributed by atoms with Gasteiger partial charge in [0.15, 0.2) is 11.4 Å². The Morgan fingerprint density at radius 3 is 1.23 bits per heavy atom. The molecule has 0 saturated carbocycles. The maximum Gasteiger partial charge on any atom is 0.162 e. The third-order valence-electron chi connectivity index (χ3n) is 25.7. The van der Waals surface area contributed by atoms with Gasteiger partial charge >= 0.3 is 0 Å². The molecule has 0 fully saturated rings. The summed E-state index contributed by atoms with van der Waals surface area (Å²) in [5.41, 5.74) is 87.8. The molecule has 30 rings (SSSR count). The SMILES string of the molecule is Nc1cc(-c2ccccc2)nc(-c2ccccc2)n1.Nc1cc(-c2ccccn2)nc(-c2ccccn2)c1.Nc1ccc2c(c1)Cc1ccccc1-2.Nc1ccc2c(c1)Cc1ccccc1-2.Nc1ccc2oc3ccccc3c2c1.Nc1ccc2sc3ccccc3c2c1.Nc1cccc2c1oc1ccccc12.Nc1cccc2c1sc1ccccc12.Nc1cccc2oc3ccccc3c12.Nc1cccc2sc3ccccc3c12. The maximum atomic E-state index is 5.97. The van der Waals surface area contributed by atoms with E-state index in [0.717, 1.165) is 158 Å². The molecule has 20 N–H and O–H groups in total. The Kier molecular flexibility index (Phi) is 28.4. The number of hydrogen-bond donors (Lipinski definition) is 10. The first kappa shape index (κ1) is 96.7. The first-order valence-corrected chi connectivity index (χ1v) is 51.2. The fourth-order valence-electron chi connectivity index (χ4n) is 18.7. The molecule has 0 bridgehead atoms. The van der Waals surface area contributed by atoms with Gasteiger partial charge in [0.25, 0.3) is 0 Å². The number of hydrogen-bond acceptors (Lipinski definition) is 21. The Labute approximate surface area is 876 Å². The highest BCUT2D eigenvalue weighted by Crippen LogP contribution is 2.44. The van der Waals surface area contributed by atoms with Crippen LogP contribution < -0.4 is 57.3 Å². The van der Waals surface area contributed by atoms with Crippen LogP contribution in [0.1, 0.15) is 22.3 Å². The second kappa shape index (κ2) is 44.0. The lowest BCUT2D eigenvalue weighted by Gasteiger charge is -2.06.